The zero-order chi connectivity index (χ0) is 9.14. The van der Waals surface area contributed by atoms with E-state index >= 15 is 0 Å². The number of esters is 1. The predicted molar refractivity (Wildman–Crippen MR) is 40.1 cm³/mol. The zero-order valence-corrected chi connectivity index (χ0v) is 6.99. The molecule has 1 heterocycles. The Labute approximate surface area is 70.2 Å². The highest BCUT2D eigenvalue weighted by Crippen LogP contribution is 2.16. The summed E-state index contributed by atoms with van der Waals surface area (Å²) in [7, 11) is 0. The molecule has 0 saturated carbocycles. The van der Waals surface area contributed by atoms with E-state index < -0.39 is 24.5 Å². The number of hydrogen-bond donors (Lipinski definition) is 0. The molecule has 0 fully saturated rings. The van der Waals surface area contributed by atoms with Gasteiger partial charge in [0, 0.05) is 6.92 Å². The number of carbonyl (C=O) groups excluding carboxylic acids is 1. The first-order valence-corrected chi connectivity index (χ1v) is 3.74. The summed E-state index contributed by atoms with van der Waals surface area (Å²) in [6.45, 7) is 2.96. The molecule has 1 rings (SSSR count). The molecule has 0 aromatic heterocycles. The van der Waals surface area contributed by atoms with Crippen LogP contribution in [0, 0.1) is 0 Å². The molecule has 0 aliphatic carbocycles. The van der Waals surface area contributed by atoms with E-state index in [4.69, 9.17) is 9.47 Å². The van der Waals surface area contributed by atoms with Gasteiger partial charge in [0.2, 0.25) is 6.36 Å². The minimum Gasteiger partial charge on any atom is -0.456 e. The van der Waals surface area contributed by atoms with E-state index in [9.17, 15) is 9.18 Å². The third kappa shape index (κ3) is 2.30. The quantitative estimate of drug-likeness (QED) is 0.442. The summed E-state index contributed by atoms with van der Waals surface area (Å²) >= 11 is 0. The van der Waals surface area contributed by atoms with Crippen LogP contribution in [-0.4, -0.2) is 24.5 Å². The Kier molecular flexibility index (Phi) is 2.81. The van der Waals surface area contributed by atoms with Gasteiger partial charge in [-0.15, -0.1) is 0 Å². The molecule has 0 N–H and O–H groups in total. The maximum Gasteiger partial charge on any atom is 0.303 e. The monoisotopic (exact) mass is 174 g/mol. The predicted octanol–water partition coefficient (Wildman–Crippen LogP) is 1.19. The number of ether oxygens (including phenoxy) is 2. The minimum absolute atomic E-state index is 0.391. The van der Waals surface area contributed by atoms with Gasteiger partial charge in [-0.3, -0.25) is 4.79 Å². The van der Waals surface area contributed by atoms with Crippen LogP contribution in [0.1, 0.15) is 13.8 Å². The van der Waals surface area contributed by atoms with Crippen molar-refractivity contribution in [2.45, 2.75) is 32.4 Å². The standard InChI is InChI=1S/C8H11FO3/c1-5-7(12-6(2)10)3-4-8(9)11-5/h3-5,7-8H,1-2H3/t5-,7+,8-/m0/s1. The maximum absolute atomic E-state index is 12.5. The molecule has 0 unspecified atom stereocenters. The van der Waals surface area contributed by atoms with Gasteiger partial charge < -0.3 is 9.47 Å². The molecule has 68 valence electrons. The molecule has 12 heavy (non-hydrogen) atoms. The van der Waals surface area contributed by atoms with Crippen molar-refractivity contribution in [3.63, 3.8) is 0 Å². The van der Waals surface area contributed by atoms with Crippen LogP contribution in [0.25, 0.3) is 0 Å². The van der Waals surface area contributed by atoms with E-state index in [0.29, 0.717) is 0 Å². The molecule has 3 atom stereocenters. The first kappa shape index (κ1) is 9.19. The topological polar surface area (TPSA) is 35.5 Å². The zero-order valence-electron chi connectivity index (χ0n) is 6.99. The van der Waals surface area contributed by atoms with E-state index in [1.54, 1.807) is 6.92 Å². The molecule has 3 nitrogen and oxygen atoms in total. The van der Waals surface area contributed by atoms with Gasteiger partial charge in [-0.05, 0) is 19.1 Å². The van der Waals surface area contributed by atoms with Crippen molar-refractivity contribution in [2.75, 3.05) is 0 Å². The van der Waals surface area contributed by atoms with Crippen LogP contribution in [0.4, 0.5) is 4.39 Å². The summed E-state index contributed by atoms with van der Waals surface area (Å²) in [6.07, 6.45) is 0.462. The van der Waals surface area contributed by atoms with Crippen molar-refractivity contribution < 1.29 is 18.7 Å². The Morgan fingerprint density at radius 2 is 2.25 bits per heavy atom. The normalized spacial score (nSPS) is 34.8. The fourth-order valence-electron chi connectivity index (χ4n) is 1.01. The van der Waals surface area contributed by atoms with Crippen molar-refractivity contribution in [3.8, 4) is 0 Å². The summed E-state index contributed by atoms with van der Waals surface area (Å²) in [5.74, 6) is -0.391. The number of halogens is 1. The summed E-state index contributed by atoms with van der Waals surface area (Å²) in [5.41, 5.74) is 0. The van der Waals surface area contributed by atoms with Crippen molar-refractivity contribution >= 4 is 5.97 Å². The van der Waals surface area contributed by atoms with Crippen LogP contribution in [0.5, 0.6) is 0 Å². The number of alkyl halides is 1. The molecule has 1 aliphatic rings. The van der Waals surface area contributed by atoms with Gasteiger partial charge in [0.25, 0.3) is 0 Å². The van der Waals surface area contributed by atoms with Crippen molar-refractivity contribution in [3.05, 3.63) is 12.2 Å². The molecule has 0 aromatic rings. The Balaban J connectivity index is 2.54. The summed E-state index contributed by atoms with van der Waals surface area (Å²) in [5, 5.41) is 0. The molecular weight excluding hydrogens is 163 g/mol. The average molecular weight is 174 g/mol. The molecule has 0 bridgehead atoms. The van der Waals surface area contributed by atoms with Crippen LogP contribution in [-0.2, 0) is 14.3 Å². The molecule has 0 aromatic carbocycles. The van der Waals surface area contributed by atoms with Gasteiger partial charge in [0.15, 0.2) is 0 Å². The summed E-state index contributed by atoms with van der Waals surface area (Å²) in [6, 6.07) is 0. The van der Waals surface area contributed by atoms with E-state index in [2.05, 4.69) is 0 Å². The lowest BCUT2D eigenvalue weighted by atomic mass is 10.2. The second-order valence-corrected chi connectivity index (χ2v) is 2.65. The van der Waals surface area contributed by atoms with Crippen LogP contribution in [0.15, 0.2) is 12.2 Å². The smallest absolute Gasteiger partial charge is 0.303 e. The van der Waals surface area contributed by atoms with E-state index in [0.717, 1.165) is 0 Å². The lowest BCUT2D eigenvalue weighted by Crippen LogP contribution is -2.34. The third-order valence-corrected chi connectivity index (χ3v) is 1.56. The molecule has 4 heteroatoms. The van der Waals surface area contributed by atoms with E-state index in [-0.39, 0.29) is 0 Å². The van der Waals surface area contributed by atoms with Crippen molar-refractivity contribution in [1.82, 2.24) is 0 Å². The third-order valence-electron chi connectivity index (χ3n) is 1.56. The van der Waals surface area contributed by atoms with Gasteiger partial charge >= 0.3 is 5.97 Å². The van der Waals surface area contributed by atoms with Gasteiger partial charge in [0.1, 0.15) is 6.10 Å². The summed E-state index contributed by atoms with van der Waals surface area (Å²) in [4.78, 5) is 10.5. The molecule has 0 radical (unpaired) electrons. The Morgan fingerprint density at radius 3 is 2.75 bits per heavy atom. The fraction of sp³-hybridized carbons (Fsp3) is 0.625. The second-order valence-electron chi connectivity index (χ2n) is 2.65. The van der Waals surface area contributed by atoms with Gasteiger partial charge in [-0.1, -0.05) is 0 Å². The maximum atomic E-state index is 12.5. The van der Waals surface area contributed by atoms with Gasteiger partial charge in [-0.2, -0.15) is 0 Å². The minimum atomic E-state index is -1.38. The number of hydrogen-bond acceptors (Lipinski definition) is 3. The highest BCUT2D eigenvalue weighted by atomic mass is 19.1. The first-order chi connectivity index (χ1) is 5.59. The van der Waals surface area contributed by atoms with Gasteiger partial charge in [-0.25, -0.2) is 4.39 Å². The van der Waals surface area contributed by atoms with Crippen LogP contribution in [0.2, 0.25) is 0 Å². The molecular formula is C8H11FO3. The number of rotatable bonds is 1. The Bertz CT molecular complexity index is 202. The van der Waals surface area contributed by atoms with E-state index in [1.807, 2.05) is 0 Å². The fourth-order valence-corrected chi connectivity index (χ4v) is 1.01. The molecule has 0 spiro atoms. The lowest BCUT2D eigenvalue weighted by molar-refractivity contribution is -0.158. The lowest BCUT2D eigenvalue weighted by Gasteiger charge is -2.25. The van der Waals surface area contributed by atoms with E-state index in [1.165, 1.54) is 19.1 Å². The van der Waals surface area contributed by atoms with Gasteiger partial charge in [0.05, 0.1) is 6.10 Å². The Hall–Kier alpha value is -0.900. The van der Waals surface area contributed by atoms with Crippen LogP contribution in [0.3, 0.4) is 0 Å². The summed E-state index contributed by atoms with van der Waals surface area (Å²) < 4.78 is 22.1. The van der Waals surface area contributed by atoms with Crippen molar-refractivity contribution in [2.24, 2.45) is 0 Å². The molecule has 0 amide bonds. The second kappa shape index (κ2) is 3.67. The van der Waals surface area contributed by atoms with Crippen LogP contribution < -0.4 is 0 Å². The highest BCUT2D eigenvalue weighted by molar-refractivity contribution is 5.66. The molecule has 0 saturated heterocycles. The van der Waals surface area contributed by atoms with Crippen LogP contribution >= 0.6 is 0 Å². The highest BCUT2D eigenvalue weighted by Gasteiger charge is 2.25. The largest absolute Gasteiger partial charge is 0.456 e. The molecule has 1 aliphatic heterocycles. The average Bonchev–Trinajstić information content (AvgIpc) is 1.94. The van der Waals surface area contributed by atoms with Crippen molar-refractivity contribution in [1.29, 1.82) is 0 Å². The SMILES string of the molecule is CC(=O)O[C@@H]1C=C[C@@H](F)O[C@H]1C. The first-order valence-electron chi connectivity index (χ1n) is 3.74. The Morgan fingerprint density at radius 1 is 1.58 bits per heavy atom. The number of carbonyl (C=O) groups is 1.